The van der Waals surface area contributed by atoms with Crippen molar-refractivity contribution in [3.63, 3.8) is 0 Å². The molecule has 1 amide bonds. The van der Waals surface area contributed by atoms with E-state index in [-0.39, 0.29) is 16.9 Å². The highest BCUT2D eigenvalue weighted by Gasteiger charge is 2.37. The summed E-state index contributed by atoms with van der Waals surface area (Å²) in [6.07, 6.45) is -10.2. The topological polar surface area (TPSA) is 69.0 Å². The highest BCUT2D eigenvalue weighted by atomic mass is 35.5. The van der Waals surface area contributed by atoms with Crippen LogP contribution in [0.25, 0.3) is 5.69 Å². The summed E-state index contributed by atoms with van der Waals surface area (Å²) in [5.41, 5.74) is -2.76. The molecule has 15 heteroatoms. The van der Waals surface area contributed by atoms with Crippen molar-refractivity contribution in [3.05, 3.63) is 98.8 Å². The van der Waals surface area contributed by atoms with Gasteiger partial charge in [0.15, 0.2) is 11.0 Å². The number of alkyl halides is 6. The molecule has 0 spiro atoms. The maximum Gasteiger partial charge on any atom is 0.416 e. The first-order chi connectivity index (χ1) is 19.3. The monoisotopic (exact) mass is 634 g/mol. The molecule has 0 saturated heterocycles. The van der Waals surface area contributed by atoms with Crippen LogP contribution in [0.15, 0.2) is 65.8 Å². The second-order valence-corrected chi connectivity index (χ2v) is 10.2. The van der Waals surface area contributed by atoms with Gasteiger partial charge in [0.05, 0.1) is 35.5 Å². The molecule has 41 heavy (non-hydrogen) atoms. The van der Waals surface area contributed by atoms with Crippen molar-refractivity contribution in [2.45, 2.75) is 29.8 Å². The normalized spacial score (nSPS) is 11.9. The fourth-order valence-electron chi connectivity index (χ4n) is 3.67. The van der Waals surface area contributed by atoms with Gasteiger partial charge in [-0.15, -0.1) is 10.2 Å². The SMILES string of the molecule is COc1cccc(CSc2nnc(CNC(=O)c3cc(C(F)(F)F)cc(C(F)(F)F)c3)n2-c2ccc(Cl)cc2Cl)c1. The van der Waals surface area contributed by atoms with Crippen LogP contribution in [0.4, 0.5) is 26.3 Å². The lowest BCUT2D eigenvalue weighted by atomic mass is 10.0. The van der Waals surface area contributed by atoms with E-state index >= 15 is 0 Å². The number of hydrogen-bond donors (Lipinski definition) is 1. The lowest BCUT2D eigenvalue weighted by Gasteiger charge is -2.15. The Morgan fingerprint density at radius 1 is 0.951 bits per heavy atom. The maximum absolute atomic E-state index is 13.2. The zero-order valence-corrected chi connectivity index (χ0v) is 23.1. The Balaban J connectivity index is 1.64. The van der Waals surface area contributed by atoms with E-state index in [4.69, 9.17) is 27.9 Å². The largest absolute Gasteiger partial charge is 0.497 e. The third kappa shape index (κ3) is 7.46. The van der Waals surface area contributed by atoms with Gasteiger partial charge in [-0.05, 0) is 54.1 Å². The van der Waals surface area contributed by atoms with E-state index in [1.165, 1.54) is 29.5 Å². The first-order valence-corrected chi connectivity index (χ1v) is 13.2. The smallest absolute Gasteiger partial charge is 0.416 e. The molecule has 1 heterocycles. The van der Waals surface area contributed by atoms with Gasteiger partial charge >= 0.3 is 12.4 Å². The maximum atomic E-state index is 13.2. The lowest BCUT2D eigenvalue weighted by molar-refractivity contribution is -0.143. The Morgan fingerprint density at radius 3 is 2.24 bits per heavy atom. The Labute approximate surface area is 243 Å². The molecule has 1 aromatic heterocycles. The van der Waals surface area contributed by atoms with E-state index in [2.05, 4.69) is 15.5 Å². The van der Waals surface area contributed by atoms with Gasteiger partial charge < -0.3 is 10.1 Å². The number of methoxy groups -OCH3 is 1. The highest BCUT2D eigenvalue weighted by molar-refractivity contribution is 7.98. The molecule has 216 valence electrons. The molecular formula is C26H18Cl2F6N4O2S. The van der Waals surface area contributed by atoms with Crippen molar-refractivity contribution in [2.24, 2.45) is 0 Å². The molecule has 0 atom stereocenters. The Morgan fingerprint density at radius 2 is 1.63 bits per heavy atom. The third-order valence-electron chi connectivity index (χ3n) is 5.61. The minimum atomic E-state index is -5.10. The number of ether oxygens (including phenoxy) is 1. The number of rotatable bonds is 8. The molecule has 0 unspecified atom stereocenters. The Kier molecular flexibility index (Phi) is 9.10. The predicted octanol–water partition coefficient (Wildman–Crippen LogP) is 7.84. The highest BCUT2D eigenvalue weighted by Crippen LogP contribution is 2.36. The number of hydrogen-bond acceptors (Lipinski definition) is 5. The number of halogens is 8. The zero-order valence-electron chi connectivity index (χ0n) is 20.8. The van der Waals surface area contributed by atoms with E-state index in [1.807, 2.05) is 18.2 Å². The minimum Gasteiger partial charge on any atom is -0.497 e. The number of aromatic nitrogens is 3. The van der Waals surface area contributed by atoms with Crippen molar-refractivity contribution in [2.75, 3.05) is 7.11 Å². The molecule has 1 N–H and O–H groups in total. The van der Waals surface area contributed by atoms with Crippen LogP contribution < -0.4 is 10.1 Å². The van der Waals surface area contributed by atoms with Crippen LogP contribution in [-0.4, -0.2) is 27.8 Å². The Bertz CT molecular complexity index is 1540. The van der Waals surface area contributed by atoms with E-state index < -0.39 is 41.5 Å². The number of amides is 1. The molecule has 0 aliphatic carbocycles. The van der Waals surface area contributed by atoms with Gasteiger partial charge in [0.25, 0.3) is 5.91 Å². The van der Waals surface area contributed by atoms with Crippen molar-refractivity contribution >= 4 is 40.9 Å². The molecule has 0 aliphatic rings. The predicted molar refractivity (Wildman–Crippen MR) is 142 cm³/mol. The second-order valence-electron chi connectivity index (χ2n) is 8.45. The first kappa shape index (κ1) is 30.5. The summed E-state index contributed by atoms with van der Waals surface area (Å²) in [7, 11) is 1.54. The van der Waals surface area contributed by atoms with E-state index in [0.717, 1.165) is 5.56 Å². The van der Waals surface area contributed by atoms with Crippen molar-refractivity contribution < 1.29 is 35.9 Å². The standard InChI is InChI=1S/C26H18Cl2F6N4O2S/c1-40-19-4-2-3-14(7-19)13-41-24-37-36-22(38(24)21-6-5-18(27)11-20(21)28)12-35-23(39)15-8-16(25(29,30)31)10-17(9-15)26(32,33)34/h2-11H,12-13H2,1H3,(H,35,39). The zero-order chi connectivity index (χ0) is 29.9. The van der Waals surface area contributed by atoms with E-state index in [0.29, 0.717) is 39.5 Å². The van der Waals surface area contributed by atoms with Gasteiger partial charge in [0.2, 0.25) is 0 Å². The number of nitrogens with one attached hydrogen (secondary N) is 1. The van der Waals surface area contributed by atoms with Gasteiger partial charge in [-0.25, -0.2) is 0 Å². The van der Waals surface area contributed by atoms with Crippen molar-refractivity contribution in [1.82, 2.24) is 20.1 Å². The first-order valence-electron chi connectivity index (χ1n) is 11.5. The molecule has 0 radical (unpaired) electrons. The number of carbonyl (C=O) groups is 1. The summed E-state index contributed by atoms with van der Waals surface area (Å²) < 4.78 is 86.2. The molecule has 0 fully saturated rings. The van der Waals surface area contributed by atoms with Crippen molar-refractivity contribution in [1.29, 1.82) is 0 Å². The van der Waals surface area contributed by atoms with Crippen LogP contribution in [0.3, 0.4) is 0 Å². The average molecular weight is 635 g/mol. The van der Waals surface area contributed by atoms with Gasteiger partial charge in [-0.1, -0.05) is 47.1 Å². The van der Waals surface area contributed by atoms with Crippen LogP contribution in [0.2, 0.25) is 10.0 Å². The summed E-state index contributed by atoms with van der Waals surface area (Å²) in [4.78, 5) is 12.7. The number of thioether (sulfide) groups is 1. The quantitative estimate of drug-likeness (QED) is 0.158. The Hall–Kier alpha value is -3.42. The molecular weight excluding hydrogens is 617 g/mol. The molecule has 4 aromatic rings. The fourth-order valence-corrected chi connectivity index (χ4v) is 5.07. The van der Waals surface area contributed by atoms with Gasteiger partial charge in [-0.2, -0.15) is 26.3 Å². The summed E-state index contributed by atoms with van der Waals surface area (Å²) in [5.74, 6) is 0.0109. The van der Waals surface area contributed by atoms with Crippen LogP contribution >= 0.6 is 35.0 Å². The molecule has 0 bridgehead atoms. The van der Waals surface area contributed by atoms with Crippen LogP contribution in [0.5, 0.6) is 5.75 Å². The summed E-state index contributed by atoms with van der Waals surface area (Å²) in [6.45, 7) is -0.401. The van der Waals surface area contributed by atoms with Gasteiger partial charge in [0.1, 0.15) is 5.75 Å². The fraction of sp³-hybridized carbons (Fsp3) is 0.192. The van der Waals surface area contributed by atoms with Gasteiger partial charge in [-0.3, -0.25) is 9.36 Å². The number of benzene rings is 3. The molecule has 6 nitrogen and oxygen atoms in total. The second kappa shape index (κ2) is 12.2. The summed E-state index contributed by atoms with van der Waals surface area (Å²) in [5, 5.41) is 11.5. The van der Waals surface area contributed by atoms with E-state index in [9.17, 15) is 31.1 Å². The van der Waals surface area contributed by atoms with Crippen LogP contribution in [0.1, 0.15) is 32.9 Å². The summed E-state index contributed by atoms with van der Waals surface area (Å²) in [6, 6.07) is 12.6. The van der Waals surface area contributed by atoms with Crippen LogP contribution in [0, 0.1) is 0 Å². The number of carbonyl (C=O) groups excluding carboxylic acids is 1. The van der Waals surface area contributed by atoms with Crippen LogP contribution in [-0.2, 0) is 24.7 Å². The minimum absolute atomic E-state index is 0.0538. The molecule has 0 saturated carbocycles. The summed E-state index contributed by atoms with van der Waals surface area (Å²) >= 11 is 13.7. The number of nitrogens with zero attached hydrogens (tertiary/aromatic N) is 3. The molecule has 0 aliphatic heterocycles. The molecule has 4 rings (SSSR count). The van der Waals surface area contributed by atoms with Crippen molar-refractivity contribution in [3.8, 4) is 11.4 Å². The third-order valence-corrected chi connectivity index (χ3v) is 7.15. The average Bonchev–Trinajstić information content (AvgIpc) is 3.31. The van der Waals surface area contributed by atoms with Gasteiger partial charge in [0, 0.05) is 16.3 Å². The van der Waals surface area contributed by atoms with E-state index in [1.54, 1.807) is 18.2 Å². The molecule has 3 aromatic carbocycles. The lowest BCUT2D eigenvalue weighted by Crippen LogP contribution is -2.26.